The molecule has 2 rings (SSSR count). The lowest BCUT2D eigenvalue weighted by atomic mass is 9.96. The highest BCUT2D eigenvalue weighted by atomic mass is 35.5. The van der Waals surface area contributed by atoms with Gasteiger partial charge in [-0.05, 0) is 31.9 Å². The van der Waals surface area contributed by atoms with Crippen molar-refractivity contribution in [2.24, 2.45) is 5.92 Å². The molecule has 1 unspecified atom stereocenters. The number of nitrogens with zero attached hydrogens (tertiary/aromatic N) is 1. The number of rotatable bonds is 7. The van der Waals surface area contributed by atoms with E-state index in [0.29, 0.717) is 19.5 Å². The van der Waals surface area contributed by atoms with Gasteiger partial charge in [-0.25, -0.2) is 0 Å². The van der Waals surface area contributed by atoms with Gasteiger partial charge in [0.15, 0.2) is 0 Å². The van der Waals surface area contributed by atoms with E-state index in [0.717, 1.165) is 31.5 Å². The van der Waals surface area contributed by atoms with E-state index >= 15 is 0 Å². The highest BCUT2D eigenvalue weighted by molar-refractivity contribution is 5.85. The fourth-order valence-corrected chi connectivity index (χ4v) is 3.12. The van der Waals surface area contributed by atoms with Crippen molar-refractivity contribution < 1.29 is 9.59 Å². The summed E-state index contributed by atoms with van der Waals surface area (Å²) in [4.78, 5) is 26.7. The second-order valence-corrected chi connectivity index (χ2v) is 6.55. The van der Waals surface area contributed by atoms with Crippen LogP contribution in [0.4, 0.5) is 0 Å². The van der Waals surface area contributed by atoms with Gasteiger partial charge in [0, 0.05) is 25.7 Å². The summed E-state index contributed by atoms with van der Waals surface area (Å²) in [5.74, 6) is 0.0870. The third kappa shape index (κ3) is 7.04. The Kier molecular flexibility index (Phi) is 9.53. The zero-order valence-corrected chi connectivity index (χ0v) is 16.0. The summed E-state index contributed by atoms with van der Waals surface area (Å²) < 4.78 is 0. The van der Waals surface area contributed by atoms with Crippen LogP contribution in [0.5, 0.6) is 0 Å². The number of halogens is 1. The Labute approximate surface area is 157 Å². The maximum atomic E-state index is 12.5. The maximum absolute atomic E-state index is 12.5. The highest BCUT2D eigenvalue weighted by Gasteiger charge is 2.28. The van der Waals surface area contributed by atoms with E-state index in [1.807, 2.05) is 35.2 Å². The molecule has 1 aromatic rings. The SMILES string of the molecule is CCN[C@H](C)CNC(=O)C1CCCN(C(=O)Cc2ccccc2)C1.Cl. The lowest BCUT2D eigenvalue weighted by molar-refractivity contribution is -0.135. The molecule has 6 heteroatoms. The molecular formula is C19H30ClN3O2. The van der Waals surface area contributed by atoms with Crippen LogP contribution in [-0.2, 0) is 16.0 Å². The van der Waals surface area contributed by atoms with Crippen LogP contribution in [0.1, 0.15) is 32.3 Å². The Morgan fingerprint density at radius 1 is 1.28 bits per heavy atom. The van der Waals surface area contributed by atoms with E-state index in [4.69, 9.17) is 0 Å². The maximum Gasteiger partial charge on any atom is 0.227 e. The normalized spacial score (nSPS) is 18.2. The van der Waals surface area contributed by atoms with Gasteiger partial charge in [0.2, 0.25) is 11.8 Å². The van der Waals surface area contributed by atoms with Crippen molar-refractivity contribution in [3.63, 3.8) is 0 Å². The molecule has 1 aliphatic rings. The Morgan fingerprint density at radius 2 is 2.00 bits per heavy atom. The van der Waals surface area contributed by atoms with Gasteiger partial charge in [-0.15, -0.1) is 12.4 Å². The van der Waals surface area contributed by atoms with Crippen LogP contribution in [0.15, 0.2) is 30.3 Å². The lowest BCUT2D eigenvalue weighted by Crippen LogP contribution is -2.48. The van der Waals surface area contributed by atoms with Crippen LogP contribution >= 0.6 is 12.4 Å². The number of carbonyl (C=O) groups excluding carboxylic acids is 2. The van der Waals surface area contributed by atoms with Gasteiger partial charge in [0.1, 0.15) is 0 Å². The smallest absolute Gasteiger partial charge is 0.227 e. The molecule has 25 heavy (non-hydrogen) atoms. The van der Waals surface area contributed by atoms with Gasteiger partial charge < -0.3 is 15.5 Å². The number of likely N-dealkylation sites (N-methyl/N-ethyl adjacent to an activating group) is 1. The van der Waals surface area contributed by atoms with Gasteiger partial charge in [-0.3, -0.25) is 9.59 Å². The Morgan fingerprint density at radius 3 is 2.68 bits per heavy atom. The summed E-state index contributed by atoms with van der Waals surface area (Å²) in [6.45, 7) is 6.91. The van der Waals surface area contributed by atoms with Crippen molar-refractivity contribution in [2.75, 3.05) is 26.2 Å². The molecule has 1 fully saturated rings. The number of amides is 2. The minimum absolute atomic E-state index is 0. The molecule has 1 aromatic carbocycles. The van der Waals surface area contributed by atoms with Gasteiger partial charge in [-0.2, -0.15) is 0 Å². The van der Waals surface area contributed by atoms with Crippen molar-refractivity contribution in [3.8, 4) is 0 Å². The van der Waals surface area contributed by atoms with E-state index in [2.05, 4.69) is 24.5 Å². The van der Waals surface area contributed by atoms with E-state index < -0.39 is 0 Å². The number of likely N-dealkylation sites (tertiary alicyclic amines) is 1. The third-order valence-corrected chi connectivity index (χ3v) is 4.48. The van der Waals surface area contributed by atoms with Crippen LogP contribution in [0, 0.1) is 5.92 Å². The van der Waals surface area contributed by atoms with Gasteiger partial charge in [-0.1, -0.05) is 37.3 Å². The summed E-state index contributed by atoms with van der Waals surface area (Å²) in [5, 5.41) is 6.29. The molecule has 1 aliphatic heterocycles. The summed E-state index contributed by atoms with van der Waals surface area (Å²) in [5.41, 5.74) is 1.02. The van der Waals surface area contributed by atoms with Crippen molar-refractivity contribution in [2.45, 2.75) is 39.2 Å². The summed E-state index contributed by atoms with van der Waals surface area (Å²) in [6, 6.07) is 10.0. The second kappa shape index (κ2) is 11.1. The first kappa shape index (κ1) is 21.5. The Bertz CT molecular complexity index is 539. The van der Waals surface area contributed by atoms with E-state index in [1.54, 1.807) is 0 Å². The monoisotopic (exact) mass is 367 g/mol. The largest absolute Gasteiger partial charge is 0.354 e. The van der Waals surface area contributed by atoms with Crippen molar-refractivity contribution in [1.82, 2.24) is 15.5 Å². The minimum atomic E-state index is -0.0905. The van der Waals surface area contributed by atoms with E-state index in [1.165, 1.54) is 0 Å². The van der Waals surface area contributed by atoms with Crippen LogP contribution in [0.25, 0.3) is 0 Å². The summed E-state index contributed by atoms with van der Waals surface area (Å²) in [7, 11) is 0. The molecule has 2 N–H and O–H groups in total. The van der Waals surface area contributed by atoms with Crippen molar-refractivity contribution >= 4 is 24.2 Å². The molecule has 0 radical (unpaired) electrons. The van der Waals surface area contributed by atoms with Crippen molar-refractivity contribution in [1.29, 1.82) is 0 Å². The Hall–Kier alpha value is -1.59. The van der Waals surface area contributed by atoms with E-state index in [-0.39, 0.29) is 36.2 Å². The fraction of sp³-hybridized carbons (Fsp3) is 0.579. The molecule has 2 atom stereocenters. The second-order valence-electron chi connectivity index (χ2n) is 6.55. The summed E-state index contributed by atoms with van der Waals surface area (Å²) >= 11 is 0. The molecular weight excluding hydrogens is 338 g/mol. The average Bonchev–Trinajstić information content (AvgIpc) is 2.61. The van der Waals surface area contributed by atoms with Gasteiger partial charge in [0.05, 0.1) is 12.3 Å². The molecule has 0 saturated carbocycles. The Balaban J connectivity index is 0.00000312. The topological polar surface area (TPSA) is 61.4 Å². The lowest BCUT2D eigenvalue weighted by Gasteiger charge is -2.32. The van der Waals surface area contributed by atoms with Gasteiger partial charge >= 0.3 is 0 Å². The number of nitrogens with one attached hydrogen (secondary N) is 2. The highest BCUT2D eigenvalue weighted by Crippen LogP contribution is 2.18. The standard InChI is InChI=1S/C19H29N3O2.ClH/c1-3-20-15(2)13-21-19(24)17-10-7-11-22(14-17)18(23)12-16-8-5-4-6-9-16;/h4-6,8-9,15,17,20H,3,7,10-14H2,1-2H3,(H,21,24);1H/t15-,17?;/m1./s1. The minimum Gasteiger partial charge on any atom is -0.354 e. The predicted octanol–water partition coefficient (Wildman–Crippen LogP) is 2.00. The first-order valence-electron chi connectivity index (χ1n) is 8.93. The van der Waals surface area contributed by atoms with Crippen LogP contribution in [0.2, 0.25) is 0 Å². The fourth-order valence-electron chi connectivity index (χ4n) is 3.12. The molecule has 1 saturated heterocycles. The van der Waals surface area contributed by atoms with Crippen LogP contribution < -0.4 is 10.6 Å². The first-order chi connectivity index (χ1) is 11.6. The number of piperidine rings is 1. The van der Waals surface area contributed by atoms with Crippen LogP contribution in [0.3, 0.4) is 0 Å². The van der Waals surface area contributed by atoms with Gasteiger partial charge in [0.25, 0.3) is 0 Å². The molecule has 0 aliphatic carbocycles. The molecule has 2 amide bonds. The first-order valence-corrected chi connectivity index (χ1v) is 8.93. The molecule has 0 spiro atoms. The molecule has 140 valence electrons. The number of carbonyl (C=O) groups is 2. The van der Waals surface area contributed by atoms with E-state index in [9.17, 15) is 9.59 Å². The van der Waals surface area contributed by atoms with Crippen molar-refractivity contribution in [3.05, 3.63) is 35.9 Å². The zero-order valence-electron chi connectivity index (χ0n) is 15.2. The molecule has 1 heterocycles. The number of hydrogen-bond donors (Lipinski definition) is 2. The molecule has 0 aromatic heterocycles. The number of benzene rings is 1. The quantitative estimate of drug-likeness (QED) is 0.774. The average molecular weight is 368 g/mol. The molecule has 0 bridgehead atoms. The predicted molar refractivity (Wildman–Crippen MR) is 103 cm³/mol. The molecule has 5 nitrogen and oxygen atoms in total. The summed E-state index contributed by atoms with van der Waals surface area (Å²) in [6.07, 6.45) is 2.16. The number of hydrogen-bond acceptors (Lipinski definition) is 3. The third-order valence-electron chi connectivity index (χ3n) is 4.48. The van der Waals surface area contributed by atoms with Crippen LogP contribution in [-0.4, -0.2) is 48.9 Å². The zero-order chi connectivity index (χ0) is 17.4.